The summed E-state index contributed by atoms with van der Waals surface area (Å²) in [5, 5.41) is 8.59. The lowest BCUT2D eigenvalue weighted by Crippen LogP contribution is -1.99. The summed E-state index contributed by atoms with van der Waals surface area (Å²) in [5.74, 6) is 0. The second-order valence-corrected chi connectivity index (χ2v) is 14.1. The van der Waals surface area contributed by atoms with Crippen LogP contribution in [0.5, 0.6) is 0 Å². The van der Waals surface area contributed by atoms with Crippen molar-refractivity contribution in [2.75, 3.05) is 0 Å². The Hall–Kier alpha value is -6.30. The number of para-hydroxylation sites is 3. The van der Waals surface area contributed by atoms with Crippen LogP contribution >= 0.6 is 11.3 Å². The zero-order chi connectivity index (χ0) is 32.9. The van der Waals surface area contributed by atoms with E-state index in [4.69, 9.17) is 4.98 Å². The quantitative estimate of drug-likeness (QED) is 0.190. The van der Waals surface area contributed by atoms with Crippen LogP contribution in [0.3, 0.4) is 0 Å². The maximum atomic E-state index is 4.76. The smallest absolute Gasteiger partial charge is 0.161 e. The highest BCUT2D eigenvalue weighted by molar-refractivity contribution is 7.26. The minimum atomic E-state index is 0.761. The van der Waals surface area contributed by atoms with Crippen LogP contribution in [-0.4, -0.2) is 19.1 Å². The number of thiophene rings is 1. The van der Waals surface area contributed by atoms with Crippen LogP contribution in [0.1, 0.15) is 5.69 Å². The van der Waals surface area contributed by atoms with Crippen molar-refractivity contribution >= 4 is 86.2 Å². The van der Waals surface area contributed by atoms with Crippen molar-refractivity contribution in [1.82, 2.24) is 19.1 Å². The Morgan fingerprint density at radius 3 is 1.82 bits per heavy atom. The molecule has 5 aromatic heterocycles. The van der Waals surface area contributed by atoms with Gasteiger partial charge in [-0.15, -0.1) is 11.3 Å². The highest BCUT2D eigenvalue weighted by Crippen LogP contribution is 2.46. The van der Waals surface area contributed by atoms with E-state index in [2.05, 4.69) is 154 Å². The zero-order valence-corrected chi connectivity index (χ0v) is 27.9. The normalized spacial score (nSPS) is 12.1. The predicted molar refractivity (Wildman–Crippen MR) is 211 cm³/mol. The number of fused-ring (bicyclic) bond motifs is 10. The van der Waals surface area contributed by atoms with Crippen molar-refractivity contribution in [2.45, 2.75) is 6.92 Å². The van der Waals surface area contributed by atoms with Crippen molar-refractivity contribution in [1.29, 1.82) is 0 Å². The van der Waals surface area contributed by atoms with Crippen molar-refractivity contribution in [3.8, 4) is 22.5 Å². The van der Waals surface area contributed by atoms with Crippen molar-refractivity contribution < 1.29 is 0 Å². The lowest BCUT2D eigenvalue weighted by Gasteiger charge is -2.16. The van der Waals surface area contributed by atoms with Gasteiger partial charge in [-0.2, -0.15) is 0 Å². The second-order valence-electron chi connectivity index (χ2n) is 13.0. The molecule has 0 saturated heterocycles. The maximum Gasteiger partial charge on any atom is 0.161 e. The molecule has 0 unspecified atom stereocenters. The molecule has 0 bridgehead atoms. The summed E-state index contributed by atoms with van der Waals surface area (Å²) in [6.45, 7) is 2.05. The van der Waals surface area contributed by atoms with Gasteiger partial charge in [0.1, 0.15) is 0 Å². The van der Waals surface area contributed by atoms with Crippen molar-refractivity contribution in [3.63, 3.8) is 0 Å². The number of pyridine rings is 2. The molecule has 4 nitrogen and oxygen atoms in total. The first kappa shape index (κ1) is 27.6. The molecule has 0 fully saturated rings. The van der Waals surface area contributed by atoms with E-state index in [1.807, 2.05) is 30.5 Å². The first-order valence-electron chi connectivity index (χ1n) is 16.9. The minimum absolute atomic E-state index is 0.761. The van der Waals surface area contributed by atoms with Crippen LogP contribution < -0.4 is 0 Å². The number of aromatic nitrogens is 4. The van der Waals surface area contributed by atoms with Gasteiger partial charge in [0.15, 0.2) is 5.65 Å². The summed E-state index contributed by atoms with van der Waals surface area (Å²) in [4.78, 5) is 9.38. The lowest BCUT2D eigenvalue weighted by molar-refractivity contribution is 1.14. The van der Waals surface area contributed by atoms with Gasteiger partial charge in [-0.1, -0.05) is 84.9 Å². The second kappa shape index (κ2) is 10.3. The molecule has 5 heterocycles. The predicted octanol–water partition coefficient (Wildman–Crippen LogP) is 12.2. The standard InChI is InChI=1S/C45H28N4S/c1-27-25-41(34-15-10-24-46-45(34)47-27)49-38-18-8-4-13-31(38)35-26-28(20-22-39(35)49)43-40(23-21-33-32-14-5-9-19-42(32)50-44(33)43)48-36-16-6-2-11-29(36)30-12-3-7-17-37(30)48/h2-26H,1H3. The molecule has 0 saturated carbocycles. The molecular weight excluding hydrogens is 629 g/mol. The van der Waals surface area contributed by atoms with E-state index in [9.17, 15) is 0 Å². The summed E-state index contributed by atoms with van der Waals surface area (Å²) < 4.78 is 7.46. The monoisotopic (exact) mass is 656 g/mol. The molecule has 5 heteroatoms. The number of nitrogens with zero attached hydrogens (tertiary/aromatic N) is 4. The molecule has 0 spiro atoms. The van der Waals surface area contributed by atoms with Gasteiger partial charge in [0.25, 0.3) is 0 Å². The summed E-state index contributed by atoms with van der Waals surface area (Å²) >= 11 is 1.89. The van der Waals surface area contributed by atoms with Crippen molar-refractivity contribution in [3.05, 3.63) is 157 Å². The van der Waals surface area contributed by atoms with Crippen molar-refractivity contribution in [2.24, 2.45) is 0 Å². The minimum Gasteiger partial charge on any atom is -0.309 e. The van der Waals surface area contributed by atoms with E-state index < -0.39 is 0 Å². The Morgan fingerprint density at radius 2 is 1.08 bits per heavy atom. The third kappa shape index (κ3) is 3.81. The molecule has 6 aromatic carbocycles. The van der Waals surface area contributed by atoms with E-state index in [-0.39, 0.29) is 0 Å². The van der Waals surface area contributed by atoms with E-state index >= 15 is 0 Å². The molecule has 0 N–H and O–H groups in total. The summed E-state index contributed by atoms with van der Waals surface area (Å²) in [6.07, 6.45) is 1.82. The summed E-state index contributed by atoms with van der Waals surface area (Å²) in [5.41, 5.74) is 11.2. The molecule has 0 radical (unpaired) electrons. The highest BCUT2D eigenvalue weighted by atomic mass is 32.1. The van der Waals surface area contributed by atoms with E-state index in [1.165, 1.54) is 69.6 Å². The van der Waals surface area contributed by atoms with Crippen LogP contribution in [0, 0.1) is 6.92 Å². The summed E-state index contributed by atoms with van der Waals surface area (Å²) in [7, 11) is 0. The van der Waals surface area contributed by atoms with Gasteiger partial charge >= 0.3 is 0 Å². The van der Waals surface area contributed by atoms with E-state index in [1.54, 1.807) is 0 Å². The first-order chi connectivity index (χ1) is 24.7. The molecule has 0 amide bonds. The fourth-order valence-electron chi connectivity index (χ4n) is 8.16. The van der Waals surface area contributed by atoms with E-state index in [0.717, 1.165) is 33.4 Å². The average Bonchev–Trinajstić information content (AvgIpc) is 3.81. The van der Waals surface area contributed by atoms with Gasteiger partial charge in [-0.05, 0) is 73.2 Å². The van der Waals surface area contributed by atoms with Crippen LogP contribution in [0.25, 0.3) is 97.3 Å². The number of aryl methyl sites for hydroxylation is 1. The number of rotatable bonds is 3. The first-order valence-corrected chi connectivity index (χ1v) is 17.7. The van der Waals surface area contributed by atoms with Gasteiger partial charge in [0.2, 0.25) is 0 Å². The number of benzene rings is 6. The molecule has 0 atom stereocenters. The molecule has 50 heavy (non-hydrogen) atoms. The van der Waals surface area contributed by atoms with Gasteiger partial charge in [0, 0.05) is 64.6 Å². The Bertz CT molecular complexity index is 3120. The van der Waals surface area contributed by atoms with Gasteiger partial charge in [0.05, 0.1) is 33.4 Å². The van der Waals surface area contributed by atoms with Crippen LogP contribution in [0.4, 0.5) is 0 Å². The summed E-state index contributed by atoms with van der Waals surface area (Å²) in [6, 6.07) is 53.1. The largest absolute Gasteiger partial charge is 0.309 e. The zero-order valence-electron chi connectivity index (χ0n) is 27.1. The lowest BCUT2D eigenvalue weighted by atomic mass is 9.98. The average molecular weight is 657 g/mol. The molecule has 234 valence electrons. The number of hydrogen-bond donors (Lipinski definition) is 0. The maximum absolute atomic E-state index is 4.76. The fourth-order valence-corrected chi connectivity index (χ4v) is 9.43. The van der Waals surface area contributed by atoms with E-state index in [0.29, 0.717) is 0 Å². The molecule has 11 aromatic rings. The molecule has 11 rings (SSSR count). The number of hydrogen-bond acceptors (Lipinski definition) is 3. The fraction of sp³-hybridized carbons (Fsp3) is 0.0222. The molecule has 0 aliphatic carbocycles. The third-order valence-corrected chi connectivity index (χ3v) is 11.4. The topological polar surface area (TPSA) is 35.6 Å². The van der Waals surface area contributed by atoms with Gasteiger partial charge in [-0.3, -0.25) is 0 Å². The van der Waals surface area contributed by atoms with Crippen LogP contribution in [0.15, 0.2) is 152 Å². The Labute approximate surface area is 291 Å². The Kier molecular flexibility index (Phi) is 5.72. The van der Waals surface area contributed by atoms with Crippen LogP contribution in [-0.2, 0) is 0 Å². The van der Waals surface area contributed by atoms with Gasteiger partial charge < -0.3 is 9.13 Å². The molecular formula is C45H28N4S. The Balaban J connectivity index is 1.27. The highest BCUT2D eigenvalue weighted by Gasteiger charge is 2.22. The van der Waals surface area contributed by atoms with Gasteiger partial charge in [-0.25, -0.2) is 9.97 Å². The Morgan fingerprint density at radius 1 is 0.480 bits per heavy atom. The molecule has 0 aliphatic heterocycles. The van der Waals surface area contributed by atoms with Crippen LogP contribution in [0.2, 0.25) is 0 Å². The molecule has 0 aliphatic rings. The third-order valence-electron chi connectivity index (χ3n) is 10.2. The SMILES string of the molecule is Cc1cc(-n2c3ccccc3c3cc(-c4c(-n5c6ccccc6c6ccccc65)ccc5c4sc4ccccc45)ccc32)c2cccnc2n1.